The Morgan fingerprint density at radius 2 is 1.40 bits per heavy atom. The number of amides is 1. The second-order valence-corrected chi connectivity index (χ2v) is 12.9. The summed E-state index contributed by atoms with van der Waals surface area (Å²) in [4.78, 5) is 13.0. The summed E-state index contributed by atoms with van der Waals surface area (Å²) in [5, 5.41) is 23.7. The number of carbonyl (C=O) groups excluding carboxylic acids is 1. The smallest absolute Gasteiger partial charge is 0.220 e. The Labute approximate surface area is 276 Å². The average molecular weight is 642 g/mol. The second-order valence-electron chi connectivity index (χ2n) is 12.9. The van der Waals surface area contributed by atoms with Gasteiger partial charge in [-0.15, -0.1) is 0 Å². The largest absolute Gasteiger partial charge is 0.396 e. The van der Waals surface area contributed by atoms with Crippen LogP contribution in [0.5, 0.6) is 0 Å². The third kappa shape index (κ3) is 20.1. The number of aliphatic hydroxyl groups is 2. The highest BCUT2D eigenvalue weighted by Crippen LogP contribution is 2.27. The van der Waals surface area contributed by atoms with E-state index in [0.717, 1.165) is 32.1 Å². The number of aliphatic hydroxyl groups excluding tert-OH is 2. The average Bonchev–Trinajstić information content (AvgIpc) is 3.04. The molecule has 0 spiro atoms. The predicted octanol–water partition coefficient (Wildman–Crippen LogP) is 7.77. The molecule has 8 heteroatoms. The molecule has 0 bridgehead atoms. The third-order valence-corrected chi connectivity index (χ3v) is 9.03. The van der Waals surface area contributed by atoms with Crippen molar-refractivity contribution in [2.24, 2.45) is 0 Å². The number of rotatable bonds is 30. The molecular formula is C37H71NO7. The lowest BCUT2D eigenvalue weighted by Crippen LogP contribution is -2.64. The lowest BCUT2D eigenvalue weighted by atomic mass is 9.94. The predicted molar refractivity (Wildman–Crippen MR) is 183 cm³/mol. The monoisotopic (exact) mass is 642 g/mol. The van der Waals surface area contributed by atoms with E-state index in [2.05, 4.69) is 31.3 Å². The van der Waals surface area contributed by atoms with Gasteiger partial charge in [-0.2, -0.15) is 0 Å². The Hall–Kier alpha value is -1.03. The summed E-state index contributed by atoms with van der Waals surface area (Å²) in [6.07, 6.45) is 25.8. The molecule has 1 aliphatic heterocycles. The highest BCUT2D eigenvalue weighted by molar-refractivity contribution is 5.76. The first-order chi connectivity index (χ1) is 22.0. The molecule has 0 radical (unpaired) electrons. The summed E-state index contributed by atoms with van der Waals surface area (Å²) in [5.74, 6) is -0.0876. The fraction of sp³-hybridized carbons (Fsp3) is 0.919. The van der Waals surface area contributed by atoms with Gasteiger partial charge in [-0.25, -0.2) is 0 Å². The van der Waals surface area contributed by atoms with Gasteiger partial charge in [0.05, 0.1) is 12.2 Å². The van der Waals surface area contributed by atoms with E-state index in [1.54, 1.807) is 7.11 Å². The molecule has 0 aromatic heterocycles. The van der Waals surface area contributed by atoms with Gasteiger partial charge in [-0.1, -0.05) is 109 Å². The van der Waals surface area contributed by atoms with Crippen molar-refractivity contribution in [1.29, 1.82) is 0 Å². The van der Waals surface area contributed by atoms with Gasteiger partial charge in [0.1, 0.15) is 18.2 Å². The standard InChI is InChI=1S/C37H71NO7/c1-5-7-9-11-12-13-14-15-16-17-18-19-20-22-24-26-33(40)38-34-36(35(41)32(27-29-39)45-37(34)43-4)44-30-28-31(42-3)25-23-21-10-8-6-2/h13-14,31-32,34-37,39,41H,5-12,15-30H2,1-4H3,(H,38,40)/b14-13-/t31-,32-,34-,35-,36-,37-/m1/s1. The summed E-state index contributed by atoms with van der Waals surface area (Å²) in [7, 11) is 3.26. The van der Waals surface area contributed by atoms with Gasteiger partial charge >= 0.3 is 0 Å². The van der Waals surface area contributed by atoms with E-state index in [4.69, 9.17) is 18.9 Å². The minimum atomic E-state index is -0.995. The van der Waals surface area contributed by atoms with E-state index in [1.165, 1.54) is 97.0 Å². The molecule has 1 rings (SSSR count). The van der Waals surface area contributed by atoms with Gasteiger partial charge in [0.15, 0.2) is 6.29 Å². The van der Waals surface area contributed by atoms with Crippen LogP contribution >= 0.6 is 0 Å². The third-order valence-electron chi connectivity index (χ3n) is 9.03. The van der Waals surface area contributed by atoms with Gasteiger partial charge in [0.25, 0.3) is 0 Å². The van der Waals surface area contributed by atoms with Crippen LogP contribution in [0, 0.1) is 0 Å². The van der Waals surface area contributed by atoms with Crippen LogP contribution in [0.1, 0.15) is 155 Å². The van der Waals surface area contributed by atoms with Gasteiger partial charge in [-0.3, -0.25) is 4.79 Å². The zero-order valence-corrected chi connectivity index (χ0v) is 29.5. The van der Waals surface area contributed by atoms with Crippen LogP contribution in [-0.4, -0.2) is 80.3 Å². The van der Waals surface area contributed by atoms with Crippen molar-refractivity contribution in [3.8, 4) is 0 Å². The van der Waals surface area contributed by atoms with Crippen LogP contribution in [0.2, 0.25) is 0 Å². The van der Waals surface area contributed by atoms with Crippen molar-refractivity contribution in [2.45, 2.75) is 192 Å². The summed E-state index contributed by atoms with van der Waals surface area (Å²) in [5.41, 5.74) is 0. The van der Waals surface area contributed by atoms with Crippen LogP contribution in [-0.2, 0) is 23.7 Å². The number of nitrogens with one attached hydrogen (secondary N) is 1. The van der Waals surface area contributed by atoms with Crippen LogP contribution in [0.4, 0.5) is 0 Å². The van der Waals surface area contributed by atoms with E-state index in [-0.39, 0.29) is 25.0 Å². The van der Waals surface area contributed by atoms with Crippen molar-refractivity contribution < 1.29 is 34.0 Å². The lowest BCUT2D eigenvalue weighted by molar-refractivity contribution is -0.267. The van der Waals surface area contributed by atoms with E-state index in [9.17, 15) is 15.0 Å². The first-order valence-corrected chi connectivity index (χ1v) is 18.6. The number of hydrogen-bond donors (Lipinski definition) is 3. The molecule has 1 aliphatic rings. The summed E-state index contributed by atoms with van der Waals surface area (Å²) in [6.45, 7) is 4.73. The van der Waals surface area contributed by atoms with Crippen molar-refractivity contribution in [2.75, 3.05) is 27.4 Å². The second kappa shape index (κ2) is 29.1. The molecular weight excluding hydrogens is 570 g/mol. The molecule has 1 heterocycles. The first kappa shape index (κ1) is 42.0. The molecule has 0 aromatic carbocycles. The molecule has 1 saturated heterocycles. The van der Waals surface area contributed by atoms with E-state index in [0.29, 0.717) is 19.4 Å². The van der Waals surface area contributed by atoms with Crippen molar-refractivity contribution in [3.05, 3.63) is 12.2 Å². The Morgan fingerprint density at radius 3 is 2.00 bits per heavy atom. The van der Waals surface area contributed by atoms with E-state index < -0.39 is 30.6 Å². The highest BCUT2D eigenvalue weighted by atomic mass is 16.7. The Kier molecular flexibility index (Phi) is 27.2. The van der Waals surface area contributed by atoms with Crippen molar-refractivity contribution in [3.63, 3.8) is 0 Å². The van der Waals surface area contributed by atoms with Gasteiger partial charge in [0, 0.05) is 33.9 Å². The first-order valence-electron chi connectivity index (χ1n) is 18.6. The van der Waals surface area contributed by atoms with Crippen molar-refractivity contribution in [1.82, 2.24) is 5.32 Å². The highest BCUT2D eigenvalue weighted by Gasteiger charge is 2.46. The molecule has 266 valence electrons. The molecule has 0 aromatic rings. The number of carbonyl (C=O) groups is 1. The minimum Gasteiger partial charge on any atom is -0.396 e. The summed E-state index contributed by atoms with van der Waals surface area (Å²) in [6, 6.07) is -0.645. The summed E-state index contributed by atoms with van der Waals surface area (Å²) < 4.78 is 23.5. The molecule has 6 atom stereocenters. The Balaban J connectivity index is 2.42. The van der Waals surface area contributed by atoms with Crippen LogP contribution in [0.15, 0.2) is 12.2 Å². The number of hydrogen-bond acceptors (Lipinski definition) is 7. The maximum atomic E-state index is 13.0. The number of ether oxygens (including phenoxy) is 4. The SMILES string of the molecule is CCCCCC/C=C\CCCCCCCCCC(=O)N[C@H]1[C@H](OC)O[C@H](CCO)[C@@H](O)[C@@H]1OCC[C@@H](CCCCCCC)OC. The molecule has 0 aliphatic carbocycles. The maximum Gasteiger partial charge on any atom is 0.220 e. The molecule has 1 amide bonds. The molecule has 0 unspecified atom stereocenters. The summed E-state index contributed by atoms with van der Waals surface area (Å²) >= 11 is 0. The van der Waals surface area contributed by atoms with Gasteiger partial charge in [-0.05, 0) is 51.4 Å². The topological polar surface area (TPSA) is 106 Å². The molecule has 3 N–H and O–H groups in total. The zero-order valence-electron chi connectivity index (χ0n) is 29.5. The molecule has 45 heavy (non-hydrogen) atoms. The number of unbranched alkanes of at least 4 members (excludes halogenated alkanes) is 15. The molecule has 0 saturated carbocycles. The maximum absolute atomic E-state index is 13.0. The van der Waals surface area contributed by atoms with Crippen LogP contribution in [0.25, 0.3) is 0 Å². The fourth-order valence-electron chi connectivity index (χ4n) is 6.14. The van der Waals surface area contributed by atoms with Crippen LogP contribution in [0.3, 0.4) is 0 Å². The lowest BCUT2D eigenvalue weighted by Gasteiger charge is -2.44. The molecule has 1 fully saturated rings. The quantitative estimate of drug-likeness (QED) is 0.0543. The van der Waals surface area contributed by atoms with Gasteiger partial charge < -0.3 is 34.5 Å². The fourth-order valence-corrected chi connectivity index (χ4v) is 6.14. The number of allylic oxidation sites excluding steroid dienone is 2. The zero-order chi connectivity index (χ0) is 33.0. The Bertz CT molecular complexity index is 706. The normalized spacial score (nSPS) is 22.7. The van der Waals surface area contributed by atoms with Crippen LogP contribution < -0.4 is 5.32 Å². The van der Waals surface area contributed by atoms with Crippen molar-refractivity contribution >= 4 is 5.91 Å². The van der Waals surface area contributed by atoms with Gasteiger partial charge in [0.2, 0.25) is 5.91 Å². The molecule has 8 nitrogen and oxygen atoms in total. The van der Waals surface area contributed by atoms with E-state index >= 15 is 0 Å². The Morgan fingerprint density at radius 1 is 0.822 bits per heavy atom. The minimum absolute atomic E-state index is 0.0876. The number of methoxy groups -OCH3 is 2. The van der Waals surface area contributed by atoms with E-state index in [1.807, 2.05) is 0 Å².